The van der Waals surface area contributed by atoms with E-state index in [4.69, 9.17) is 20.9 Å². The van der Waals surface area contributed by atoms with Crippen LogP contribution in [-0.4, -0.2) is 22.1 Å². The molecule has 0 aliphatic heterocycles. The number of anilines is 2. The molecule has 0 saturated carbocycles. The normalized spacial score (nSPS) is 10.5. The van der Waals surface area contributed by atoms with E-state index in [1.807, 2.05) is 12.1 Å². The van der Waals surface area contributed by atoms with E-state index in [1.54, 1.807) is 31.5 Å². The van der Waals surface area contributed by atoms with Crippen LogP contribution in [0.25, 0.3) is 0 Å². The fourth-order valence-corrected chi connectivity index (χ4v) is 2.41. The van der Waals surface area contributed by atoms with Gasteiger partial charge in [-0.05, 0) is 29.8 Å². The minimum absolute atomic E-state index is 0.131. The van der Waals surface area contributed by atoms with Crippen LogP contribution in [0.15, 0.2) is 42.6 Å². The van der Waals surface area contributed by atoms with Gasteiger partial charge in [-0.15, -0.1) is 0 Å². The summed E-state index contributed by atoms with van der Waals surface area (Å²) in [6.07, 6.45) is 2.12. The Bertz CT molecular complexity index is 920. The van der Waals surface area contributed by atoms with Crippen molar-refractivity contribution in [3.63, 3.8) is 0 Å². The molecule has 0 amide bonds. The predicted octanol–water partition coefficient (Wildman–Crippen LogP) is 2.35. The summed E-state index contributed by atoms with van der Waals surface area (Å²) < 4.78 is 24.2. The molecule has 8 heteroatoms. The highest BCUT2D eigenvalue weighted by atomic mass is 19.1. The van der Waals surface area contributed by atoms with E-state index in [0.717, 1.165) is 11.1 Å². The lowest BCUT2D eigenvalue weighted by molar-refractivity contribution is 0.279. The molecule has 0 spiro atoms. The molecule has 0 unspecified atom stereocenters. The Balaban J connectivity index is 1.74. The molecule has 7 nitrogen and oxygen atoms in total. The van der Waals surface area contributed by atoms with E-state index in [9.17, 15) is 4.39 Å². The van der Waals surface area contributed by atoms with Gasteiger partial charge >= 0.3 is 0 Å². The van der Waals surface area contributed by atoms with Gasteiger partial charge in [-0.3, -0.25) is 0 Å². The van der Waals surface area contributed by atoms with Crippen molar-refractivity contribution in [2.45, 2.75) is 13.0 Å². The molecule has 0 saturated heterocycles. The van der Waals surface area contributed by atoms with Crippen molar-refractivity contribution in [2.24, 2.45) is 0 Å². The number of ether oxygens (including phenoxy) is 2. The monoisotopic (exact) mass is 355 g/mol. The van der Waals surface area contributed by atoms with Crippen LogP contribution in [0, 0.1) is 5.95 Å². The van der Waals surface area contributed by atoms with Crippen molar-refractivity contribution in [2.75, 3.05) is 18.6 Å². The van der Waals surface area contributed by atoms with Crippen molar-refractivity contribution >= 4 is 11.8 Å². The number of rotatable bonds is 6. The molecule has 0 aliphatic rings. The van der Waals surface area contributed by atoms with E-state index < -0.39 is 5.95 Å². The van der Waals surface area contributed by atoms with Crippen LogP contribution in [0.1, 0.15) is 16.8 Å². The van der Waals surface area contributed by atoms with Gasteiger partial charge in [-0.2, -0.15) is 9.37 Å². The lowest BCUT2D eigenvalue weighted by Gasteiger charge is -2.12. The first-order valence-corrected chi connectivity index (χ1v) is 7.83. The van der Waals surface area contributed by atoms with Crippen LogP contribution in [0.2, 0.25) is 0 Å². The zero-order chi connectivity index (χ0) is 18.5. The topological polar surface area (TPSA) is 109 Å². The summed E-state index contributed by atoms with van der Waals surface area (Å²) in [5.74, 6) is 1.02. The average Bonchev–Trinajstić information content (AvgIpc) is 2.63. The molecule has 3 aromatic rings. The summed E-state index contributed by atoms with van der Waals surface area (Å²) >= 11 is 0. The number of nitrogens with two attached hydrogens (primary N) is 2. The third-order valence-corrected chi connectivity index (χ3v) is 3.69. The zero-order valence-electron chi connectivity index (χ0n) is 14.1. The van der Waals surface area contributed by atoms with E-state index in [-0.39, 0.29) is 12.6 Å². The fourth-order valence-electron chi connectivity index (χ4n) is 2.41. The van der Waals surface area contributed by atoms with E-state index in [0.29, 0.717) is 29.4 Å². The van der Waals surface area contributed by atoms with Gasteiger partial charge in [0.15, 0.2) is 11.5 Å². The molecule has 2 heterocycles. The quantitative estimate of drug-likeness (QED) is 0.653. The summed E-state index contributed by atoms with van der Waals surface area (Å²) in [7, 11) is 1.55. The van der Waals surface area contributed by atoms with Gasteiger partial charge in [0.2, 0.25) is 11.9 Å². The summed E-state index contributed by atoms with van der Waals surface area (Å²) in [5, 5.41) is 0. The van der Waals surface area contributed by atoms with Gasteiger partial charge in [0.1, 0.15) is 12.4 Å². The predicted molar refractivity (Wildman–Crippen MR) is 95.2 cm³/mol. The molecule has 26 heavy (non-hydrogen) atoms. The highest BCUT2D eigenvalue weighted by molar-refractivity contribution is 5.48. The maximum Gasteiger partial charge on any atom is 0.221 e. The molecular weight excluding hydrogens is 337 g/mol. The second kappa shape index (κ2) is 7.64. The Morgan fingerprint density at radius 1 is 1.08 bits per heavy atom. The van der Waals surface area contributed by atoms with Crippen LogP contribution in [-0.2, 0) is 13.0 Å². The van der Waals surface area contributed by atoms with E-state index in [2.05, 4.69) is 15.0 Å². The number of benzene rings is 1. The highest BCUT2D eigenvalue weighted by Crippen LogP contribution is 2.30. The van der Waals surface area contributed by atoms with Crippen molar-refractivity contribution in [3.05, 3.63) is 65.4 Å². The fraction of sp³-hybridized carbons (Fsp3) is 0.167. The lowest BCUT2D eigenvalue weighted by Crippen LogP contribution is -2.04. The third kappa shape index (κ3) is 4.15. The number of halogens is 1. The maximum absolute atomic E-state index is 13.1. The largest absolute Gasteiger partial charge is 0.493 e. The molecule has 1 aromatic carbocycles. The smallest absolute Gasteiger partial charge is 0.221 e. The number of hydrogen-bond acceptors (Lipinski definition) is 7. The molecule has 0 radical (unpaired) electrons. The second-order valence-electron chi connectivity index (χ2n) is 5.54. The molecule has 0 fully saturated rings. The number of nitrogen functional groups attached to an aromatic ring is 2. The Morgan fingerprint density at radius 2 is 1.92 bits per heavy atom. The van der Waals surface area contributed by atoms with Gasteiger partial charge in [0.05, 0.1) is 12.8 Å². The standard InChI is InChI=1S/C18H18FN5O2/c1-25-15-8-11(7-12-9-22-18(21)24-17(12)20)5-6-14(15)26-10-13-3-2-4-16(19)23-13/h2-6,8-9H,7,10H2,1H3,(H4,20,21,22,24). The van der Waals surface area contributed by atoms with Gasteiger partial charge < -0.3 is 20.9 Å². The molecule has 3 rings (SSSR count). The van der Waals surface area contributed by atoms with E-state index in [1.165, 1.54) is 6.07 Å². The van der Waals surface area contributed by atoms with Crippen molar-refractivity contribution in [1.29, 1.82) is 0 Å². The van der Waals surface area contributed by atoms with Gasteiger partial charge in [-0.25, -0.2) is 9.97 Å². The van der Waals surface area contributed by atoms with Crippen LogP contribution < -0.4 is 20.9 Å². The first-order valence-electron chi connectivity index (χ1n) is 7.83. The number of aromatic nitrogens is 3. The van der Waals surface area contributed by atoms with Crippen molar-refractivity contribution in [1.82, 2.24) is 15.0 Å². The first-order chi connectivity index (χ1) is 12.5. The molecule has 2 aromatic heterocycles. The number of nitrogens with zero attached hydrogens (tertiary/aromatic N) is 3. The molecule has 134 valence electrons. The molecule has 0 atom stereocenters. The lowest BCUT2D eigenvalue weighted by atomic mass is 10.1. The molecule has 4 N–H and O–H groups in total. The van der Waals surface area contributed by atoms with Gasteiger partial charge in [-0.1, -0.05) is 12.1 Å². The van der Waals surface area contributed by atoms with Crippen molar-refractivity contribution < 1.29 is 13.9 Å². The second-order valence-corrected chi connectivity index (χ2v) is 5.54. The average molecular weight is 355 g/mol. The van der Waals surface area contributed by atoms with E-state index >= 15 is 0 Å². The van der Waals surface area contributed by atoms with Crippen molar-refractivity contribution in [3.8, 4) is 11.5 Å². The molecule has 0 aliphatic carbocycles. The van der Waals surface area contributed by atoms with Gasteiger partial charge in [0, 0.05) is 18.2 Å². The zero-order valence-corrected chi connectivity index (χ0v) is 14.1. The van der Waals surface area contributed by atoms with Gasteiger partial charge in [0.25, 0.3) is 0 Å². The summed E-state index contributed by atoms with van der Waals surface area (Å²) in [6.45, 7) is 0.131. The number of pyridine rings is 1. The summed E-state index contributed by atoms with van der Waals surface area (Å²) in [4.78, 5) is 11.7. The third-order valence-electron chi connectivity index (χ3n) is 3.69. The Morgan fingerprint density at radius 3 is 2.65 bits per heavy atom. The highest BCUT2D eigenvalue weighted by Gasteiger charge is 2.10. The molecular formula is C18H18FN5O2. The SMILES string of the molecule is COc1cc(Cc2cnc(N)nc2N)ccc1OCc1cccc(F)n1. The van der Waals surface area contributed by atoms with Crippen LogP contribution in [0.5, 0.6) is 11.5 Å². The Hall–Kier alpha value is -3.42. The number of hydrogen-bond donors (Lipinski definition) is 2. The summed E-state index contributed by atoms with van der Waals surface area (Å²) in [5.41, 5.74) is 13.6. The minimum atomic E-state index is -0.545. The van der Waals surface area contributed by atoms with Crippen LogP contribution >= 0.6 is 0 Å². The Labute approximate surface area is 149 Å². The Kier molecular flexibility index (Phi) is 5.12. The summed E-state index contributed by atoms with van der Waals surface area (Å²) in [6, 6.07) is 10.1. The number of methoxy groups -OCH3 is 1. The van der Waals surface area contributed by atoms with Crippen LogP contribution in [0.3, 0.4) is 0 Å². The van der Waals surface area contributed by atoms with Crippen LogP contribution in [0.4, 0.5) is 16.2 Å². The molecule has 0 bridgehead atoms. The maximum atomic E-state index is 13.1. The minimum Gasteiger partial charge on any atom is -0.493 e. The first kappa shape index (κ1) is 17.4.